The Morgan fingerprint density at radius 1 is 0.591 bits per heavy atom. The summed E-state index contributed by atoms with van der Waals surface area (Å²) in [6.45, 7) is 0. The van der Waals surface area contributed by atoms with Crippen LogP contribution in [0.15, 0.2) is 72.8 Å². The van der Waals surface area contributed by atoms with Gasteiger partial charge in [-0.3, -0.25) is 0 Å². The van der Waals surface area contributed by atoms with Gasteiger partial charge in [-0.2, -0.15) is 0 Å². The molecule has 0 saturated carbocycles. The Morgan fingerprint density at radius 3 is 2.41 bits per heavy atom. The summed E-state index contributed by atoms with van der Waals surface area (Å²) in [6, 6.07) is 25.7. The van der Waals surface area contributed by atoms with Gasteiger partial charge < -0.3 is 4.74 Å². The maximum atomic E-state index is 6.10. The third kappa shape index (κ3) is 1.66. The first kappa shape index (κ1) is 11.8. The van der Waals surface area contributed by atoms with Crippen molar-refractivity contribution in [3.63, 3.8) is 0 Å². The monoisotopic (exact) mass is 282 g/mol. The van der Waals surface area contributed by atoms with Crippen molar-refractivity contribution < 1.29 is 4.74 Å². The molecular weight excluding hydrogens is 268 g/mol. The minimum atomic E-state index is 0.935. The predicted molar refractivity (Wildman–Crippen MR) is 90.8 cm³/mol. The van der Waals surface area contributed by atoms with E-state index in [0.29, 0.717) is 0 Å². The Bertz CT molecular complexity index is 1030. The number of hydrogen-bond donors (Lipinski definition) is 0. The van der Waals surface area contributed by atoms with Gasteiger partial charge in [0.2, 0.25) is 0 Å². The van der Waals surface area contributed by atoms with E-state index in [-0.39, 0.29) is 0 Å². The zero-order valence-electron chi connectivity index (χ0n) is 12.0. The highest BCUT2D eigenvalue weighted by Gasteiger charge is 2.17. The van der Waals surface area contributed by atoms with Crippen LogP contribution in [0.1, 0.15) is 11.1 Å². The molecule has 1 aliphatic rings. The third-order valence-corrected chi connectivity index (χ3v) is 4.50. The summed E-state index contributed by atoms with van der Waals surface area (Å²) in [5.74, 6) is 1.97. The smallest absolute Gasteiger partial charge is 0.131 e. The number of benzene rings is 4. The Balaban J connectivity index is 1.79. The second-order valence-corrected chi connectivity index (χ2v) is 5.85. The van der Waals surface area contributed by atoms with Crippen LogP contribution in [0.25, 0.3) is 21.5 Å². The molecule has 0 amide bonds. The zero-order valence-corrected chi connectivity index (χ0v) is 12.0. The van der Waals surface area contributed by atoms with E-state index in [1.54, 1.807) is 0 Å². The van der Waals surface area contributed by atoms with E-state index in [1.165, 1.54) is 32.7 Å². The van der Waals surface area contributed by atoms with Crippen molar-refractivity contribution in [2.75, 3.05) is 0 Å². The lowest BCUT2D eigenvalue weighted by Crippen LogP contribution is -2.02. The van der Waals surface area contributed by atoms with E-state index in [0.717, 1.165) is 17.9 Å². The van der Waals surface area contributed by atoms with Crippen LogP contribution >= 0.6 is 0 Å². The van der Waals surface area contributed by atoms with Gasteiger partial charge in [-0.05, 0) is 50.9 Å². The van der Waals surface area contributed by atoms with E-state index in [9.17, 15) is 0 Å². The van der Waals surface area contributed by atoms with Gasteiger partial charge >= 0.3 is 0 Å². The van der Waals surface area contributed by atoms with E-state index in [4.69, 9.17) is 4.74 Å². The lowest BCUT2D eigenvalue weighted by Gasteiger charge is -2.21. The number of hydrogen-bond acceptors (Lipinski definition) is 1. The van der Waals surface area contributed by atoms with Crippen molar-refractivity contribution in [3.05, 3.63) is 83.9 Å². The fraction of sp³-hybridized carbons (Fsp3) is 0.0476. The molecule has 0 fully saturated rings. The first-order valence-corrected chi connectivity index (χ1v) is 7.59. The fourth-order valence-electron chi connectivity index (χ4n) is 3.38. The summed E-state index contributed by atoms with van der Waals surface area (Å²) in [7, 11) is 0. The molecule has 0 spiro atoms. The molecule has 104 valence electrons. The molecule has 0 bridgehead atoms. The molecule has 4 aromatic rings. The molecule has 1 nitrogen and oxygen atoms in total. The van der Waals surface area contributed by atoms with Crippen molar-refractivity contribution in [1.82, 2.24) is 0 Å². The average Bonchev–Trinajstić information content (AvgIpc) is 2.58. The maximum absolute atomic E-state index is 6.10. The van der Waals surface area contributed by atoms with E-state index >= 15 is 0 Å². The highest BCUT2D eigenvalue weighted by molar-refractivity contribution is 6.08. The van der Waals surface area contributed by atoms with Crippen molar-refractivity contribution >= 4 is 21.5 Å². The summed E-state index contributed by atoms with van der Waals surface area (Å²) < 4.78 is 6.10. The molecule has 1 heterocycles. The molecule has 0 aromatic heterocycles. The molecule has 0 N–H and O–H groups in total. The normalized spacial score (nSPS) is 12.7. The molecule has 1 heteroatoms. The van der Waals surface area contributed by atoms with E-state index < -0.39 is 0 Å². The van der Waals surface area contributed by atoms with Gasteiger partial charge in [-0.15, -0.1) is 0 Å². The number of fused-ring (bicyclic) bond motifs is 5. The Morgan fingerprint density at radius 2 is 1.41 bits per heavy atom. The first-order chi connectivity index (χ1) is 10.9. The molecule has 0 radical (unpaired) electrons. The van der Waals surface area contributed by atoms with Crippen LogP contribution in [0.4, 0.5) is 0 Å². The lowest BCUT2D eigenvalue weighted by atomic mass is 9.95. The molecule has 0 aliphatic carbocycles. The summed E-state index contributed by atoms with van der Waals surface area (Å²) in [4.78, 5) is 0. The van der Waals surface area contributed by atoms with Gasteiger partial charge in [0.15, 0.2) is 0 Å². The standard InChI is InChI=1S/C21H14O/c1-3-7-18-14(5-1)9-10-15-13-21-17(12-19(15)18)11-16-6-2-4-8-20(16)22-21/h1-10,12-13H,11H2. The molecule has 5 rings (SSSR count). The van der Waals surface area contributed by atoms with Crippen molar-refractivity contribution in [3.8, 4) is 11.5 Å². The van der Waals surface area contributed by atoms with Gasteiger partial charge in [0, 0.05) is 6.42 Å². The highest BCUT2D eigenvalue weighted by Crippen LogP contribution is 2.39. The molecule has 1 aliphatic heterocycles. The molecule has 0 atom stereocenters. The van der Waals surface area contributed by atoms with Crippen LogP contribution in [0.2, 0.25) is 0 Å². The van der Waals surface area contributed by atoms with Gasteiger partial charge in [-0.25, -0.2) is 0 Å². The Labute approximate surface area is 128 Å². The molecule has 0 unspecified atom stereocenters. The van der Waals surface area contributed by atoms with Crippen LogP contribution in [0.5, 0.6) is 11.5 Å². The number of rotatable bonds is 0. The van der Waals surface area contributed by atoms with E-state index in [2.05, 4.69) is 60.7 Å². The summed E-state index contributed by atoms with van der Waals surface area (Å²) in [5, 5.41) is 5.13. The van der Waals surface area contributed by atoms with Gasteiger partial charge in [0.05, 0.1) is 0 Å². The van der Waals surface area contributed by atoms with Gasteiger partial charge in [-0.1, -0.05) is 54.6 Å². The molecule has 0 saturated heterocycles. The number of ether oxygens (including phenoxy) is 1. The SMILES string of the molecule is c1ccc2c(c1)Cc1cc3c(ccc4ccccc43)cc1O2. The van der Waals surface area contributed by atoms with Crippen LogP contribution in [0, 0.1) is 0 Å². The van der Waals surface area contributed by atoms with Crippen molar-refractivity contribution in [2.24, 2.45) is 0 Å². The van der Waals surface area contributed by atoms with Crippen LogP contribution in [-0.4, -0.2) is 0 Å². The molecule has 4 aromatic carbocycles. The first-order valence-electron chi connectivity index (χ1n) is 7.59. The van der Waals surface area contributed by atoms with Crippen molar-refractivity contribution in [2.45, 2.75) is 6.42 Å². The van der Waals surface area contributed by atoms with Gasteiger partial charge in [0.1, 0.15) is 11.5 Å². The van der Waals surface area contributed by atoms with Gasteiger partial charge in [0.25, 0.3) is 0 Å². The Hall–Kier alpha value is -2.80. The second-order valence-electron chi connectivity index (χ2n) is 5.85. The van der Waals surface area contributed by atoms with Crippen LogP contribution in [0.3, 0.4) is 0 Å². The van der Waals surface area contributed by atoms with E-state index in [1.807, 2.05) is 12.1 Å². The third-order valence-electron chi connectivity index (χ3n) is 4.50. The molecular formula is C21H14O. The molecule has 22 heavy (non-hydrogen) atoms. The number of para-hydroxylation sites is 1. The summed E-state index contributed by atoms with van der Waals surface area (Å²) in [5.41, 5.74) is 2.53. The minimum absolute atomic E-state index is 0.935. The summed E-state index contributed by atoms with van der Waals surface area (Å²) >= 11 is 0. The quantitative estimate of drug-likeness (QED) is 0.331. The van der Waals surface area contributed by atoms with Crippen LogP contribution in [-0.2, 0) is 6.42 Å². The maximum Gasteiger partial charge on any atom is 0.131 e. The largest absolute Gasteiger partial charge is 0.457 e. The van der Waals surface area contributed by atoms with Crippen LogP contribution < -0.4 is 4.74 Å². The Kier molecular flexibility index (Phi) is 2.33. The zero-order chi connectivity index (χ0) is 14.5. The predicted octanol–water partition coefficient (Wildman–Crippen LogP) is 5.69. The summed E-state index contributed by atoms with van der Waals surface area (Å²) in [6.07, 6.45) is 0.935. The fourth-order valence-corrected chi connectivity index (χ4v) is 3.38. The topological polar surface area (TPSA) is 9.23 Å². The van der Waals surface area contributed by atoms with Crippen molar-refractivity contribution in [1.29, 1.82) is 0 Å². The lowest BCUT2D eigenvalue weighted by molar-refractivity contribution is 0.461. The second kappa shape index (κ2) is 4.35. The average molecular weight is 282 g/mol. The highest BCUT2D eigenvalue weighted by atomic mass is 16.5. The minimum Gasteiger partial charge on any atom is -0.457 e.